The normalized spacial score (nSPS) is 9.53. The van der Waals surface area contributed by atoms with Gasteiger partial charge in [-0.1, -0.05) is 6.07 Å². The summed E-state index contributed by atoms with van der Waals surface area (Å²) in [7, 11) is 0. The summed E-state index contributed by atoms with van der Waals surface area (Å²) in [6.45, 7) is 0. The topological polar surface area (TPSA) is 88.0 Å². The molecule has 0 unspecified atom stereocenters. The second-order valence-corrected chi connectivity index (χ2v) is 4.19. The van der Waals surface area contributed by atoms with Crippen molar-refractivity contribution >= 4 is 11.3 Å². The molecule has 2 N–H and O–H groups in total. The summed E-state index contributed by atoms with van der Waals surface area (Å²) in [5.41, 5.74) is 0.448. The van der Waals surface area contributed by atoms with E-state index in [0.29, 0.717) is 10.4 Å². The Labute approximate surface area is 101 Å². The lowest BCUT2D eigenvalue weighted by atomic mass is 9.99. The van der Waals surface area contributed by atoms with Crippen molar-refractivity contribution in [1.29, 1.82) is 10.5 Å². The number of hydrogen-bond donors (Lipinski definition) is 2. The van der Waals surface area contributed by atoms with Crippen LogP contribution >= 0.6 is 11.3 Å². The number of benzene rings is 1. The minimum Gasteiger partial charge on any atom is -0.504 e. The third-order valence-electron chi connectivity index (χ3n) is 2.28. The molecule has 0 aliphatic rings. The molecule has 0 bridgehead atoms. The van der Waals surface area contributed by atoms with Crippen LogP contribution in [-0.4, -0.2) is 10.2 Å². The maximum absolute atomic E-state index is 9.62. The lowest BCUT2D eigenvalue weighted by Gasteiger charge is -2.07. The summed E-state index contributed by atoms with van der Waals surface area (Å²) in [6.07, 6.45) is 0. The van der Waals surface area contributed by atoms with E-state index in [1.165, 1.54) is 11.3 Å². The van der Waals surface area contributed by atoms with Gasteiger partial charge >= 0.3 is 0 Å². The molecule has 0 saturated carbocycles. The van der Waals surface area contributed by atoms with Gasteiger partial charge in [0.05, 0.1) is 11.6 Å². The van der Waals surface area contributed by atoms with Crippen LogP contribution in [-0.2, 0) is 0 Å². The van der Waals surface area contributed by atoms with Crippen LogP contribution in [0, 0.1) is 22.7 Å². The van der Waals surface area contributed by atoms with Crippen molar-refractivity contribution in [2.75, 3.05) is 0 Å². The third kappa shape index (κ3) is 1.69. The predicted octanol–water partition coefficient (Wildman–Crippen LogP) is 2.57. The van der Waals surface area contributed by atoms with Crippen molar-refractivity contribution in [3.63, 3.8) is 0 Å². The number of thiophene rings is 1. The van der Waals surface area contributed by atoms with Crippen molar-refractivity contribution in [3.8, 4) is 34.1 Å². The molecule has 0 fully saturated rings. The lowest BCUT2D eigenvalue weighted by Crippen LogP contribution is -1.89. The summed E-state index contributed by atoms with van der Waals surface area (Å²) in [5.74, 6) is -0.951. The second kappa shape index (κ2) is 4.17. The molecule has 2 rings (SSSR count). The Morgan fingerprint density at radius 3 is 2.47 bits per heavy atom. The monoisotopic (exact) mass is 242 g/mol. The van der Waals surface area contributed by atoms with Gasteiger partial charge in [-0.15, -0.1) is 11.3 Å². The number of aromatic hydroxyl groups is 2. The molecule has 1 aromatic carbocycles. The predicted molar refractivity (Wildman–Crippen MR) is 62.5 cm³/mol. The Kier molecular flexibility index (Phi) is 2.70. The molecule has 1 aromatic heterocycles. The van der Waals surface area contributed by atoms with E-state index < -0.39 is 11.5 Å². The molecular weight excluding hydrogens is 236 g/mol. The number of phenolic OH excluding ortho intramolecular Hbond substituents is 2. The first-order valence-corrected chi connectivity index (χ1v) is 5.50. The smallest absolute Gasteiger partial charge is 0.176 e. The molecule has 4 nitrogen and oxygen atoms in total. The Balaban J connectivity index is 2.87. The number of phenols is 2. The molecule has 17 heavy (non-hydrogen) atoms. The third-order valence-corrected chi connectivity index (χ3v) is 3.17. The van der Waals surface area contributed by atoms with Gasteiger partial charge in [0.1, 0.15) is 11.6 Å². The molecule has 0 atom stereocenters. The van der Waals surface area contributed by atoms with Crippen molar-refractivity contribution in [1.82, 2.24) is 0 Å². The molecular formula is C12H6N2O2S. The minimum absolute atomic E-state index is 0.0796. The molecule has 0 aliphatic carbocycles. The summed E-state index contributed by atoms with van der Waals surface area (Å²) >= 11 is 1.35. The van der Waals surface area contributed by atoms with E-state index in [0.717, 1.165) is 6.07 Å². The first-order valence-electron chi connectivity index (χ1n) is 4.62. The van der Waals surface area contributed by atoms with Crippen molar-refractivity contribution in [2.24, 2.45) is 0 Å². The van der Waals surface area contributed by atoms with Crippen LogP contribution in [0.1, 0.15) is 11.1 Å². The highest BCUT2D eigenvalue weighted by Crippen LogP contribution is 2.40. The average Bonchev–Trinajstić information content (AvgIpc) is 2.85. The molecule has 1 heterocycles. The van der Waals surface area contributed by atoms with Gasteiger partial charge in [0.25, 0.3) is 0 Å². The fourth-order valence-corrected chi connectivity index (χ4v) is 2.32. The van der Waals surface area contributed by atoms with Crippen LogP contribution in [0.5, 0.6) is 11.5 Å². The van der Waals surface area contributed by atoms with E-state index in [-0.39, 0.29) is 11.1 Å². The first kappa shape index (κ1) is 11.0. The van der Waals surface area contributed by atoms with Gasteiger partial charge in [-0.3, -0.25) is 0 Å². The summed E-state index contributed by atoms with van der Waals surface area (Å²) in [4.78, 5) is 0.702. The molecule has 82 valence electrons. The largest absolute Gasteiger partial charge is 0.504 e. The average molecular weight is 242 g/mol. The standard InChI is InChI=1S/C12H6N2O2S/c13-5-7-4-9(15)12(16)8(6-14)11(7)10-2-1-3-17-10/h1-4,15-16H. The van der Waals surface area contributed by atoms with Gasteiger partial charge < -0.3 is 10.2 Å². The van der Waals surface area contributed by atoms with Crippen LogP contribution in [0.2, 0.25) is 0 Å². The summed E-state index contributed by atoms with van der Waals surface area (Å²) < 4.78 is 0. The highest BCUT2D eigenvalue weighted by atomic mass is 32.1. The number of nitrogens with zero attached hydrogens (tertiary/aromatic N) is 2. The Hall–Kier alpha value is -2.50. The zero-order valence-corrected chi connectivity index (χ0v) is 9.32. The lowest BCUT2D eigenvalue weighted by molar-refractivity contribution is 0.403. The highest BCUT2D eigenvalue weighted by Gasteiger charge is 2.19. The number of rotatable bonds is 1. The van der Waals surface area contributed by atoms with E-state index in [1.54, 1.807) is 12.1 Å². The highest BCUT2D eigenvalue weighted by molar-refractivity contribution is 7.13. The Morgan fingerprint density at radius 1 is 1.18 bits per heavy atom. The van der Waals surface area contributed by atoms with E-state index in [1.807, 2.05) is 17.5 Å². The fraction of sp³-hybridized carbons (Fsp3) is 0. The van der Waals surface area contributed by atoms with Gasteiger partial charge in [0.15, 0.2) is 11.5 Å². The molecule has 0 radical (unpaired) electrons. The Morgan fingerprint density at radius 2 is 1.94 bits per heavy atom. The van der Waals surface area contributed by atoms with Gasteiger partial charge in [-0.05, 0) is 11.4 Å². The quantitative estimate of drug-likeness (QED) is 0.752. The zero-order chi connectivity index (χ0) is 12.4. The number of nitriles is 2. The minimum atomic E-state index is -0.491. The van der Waals surface area contributed by atoms with Crippen molar-refractivity contribution in [3.05, 3.63) is 34.7 Å². The van der Waals surface area contributed by atoms with Gasteiger partial charge in [0.2, 0.25) is 0 Å². The fourth-order valence-electron chi connectivity index (χ4n) is 1.53. The Bertz CT molecular complexity index is 649. The van der Waals surface area contributed by atoms with Crippen LogP contribution in [0.3, 0.4) is 0 Å². The SMILES string of the molecule is N#Cc1cc(O)c(O)c(C#N)c1-c1cccs1. The van der Waals surface area contributed by atoms with E-state index in [2.05, 4.69) is 0 Å². The van der Waals surface area contributed by atoms with Gasteiger partial charge in [-0.25, -0.2) is 0 Å². The zero-order valence-electron chi connectivity index (χ0n) is 8.51. The number of hydrogen-bond acceptors (Lipinski definition) is 5. The molecule has 0 aliphatic heterocycles. The maximum Gasteiger partial charge on any atom is 0.176 e. The van der Waals surface area contributed by atoms with Crippen LogP contribution < -0.4 is 0 Å². The van der Waals surface area contributed by atoms with E-state index in [4.69, 9.17) is 10.5 Å². The maximum atomic E-state index is 9.62. The van der Waals surface area contributed by atoms with Gasteiger partial charge in [-0.2, -0.15) is 10.5 Å². The van der Waals surface area contributed by atoms with E-state index in [9.17, 15) is 10.2 Å². The molecule has 0 saturated heterocycles. The van der Waals surface area contributed by atoms with Crippen LogP contribution in [0.15, 0.2) is 23.6 Å². The van der Waals surface area contributed by atoms with Crippen LogP contribution in [0.4, 0.5) is 0 Å². The molecule has 2 aromatic rings. The van der Waals surface area contributed by atoms with E-state index >= 15 is 0 Å². The molecule has 5 heteroatoms. The summed E-state index contributed by atoms with van der Waals surface area (Å²) in [6, 6.07) is 8.41. The van der Waals surface area contributed by atoms with Crippen molar-refractivity contribution < 1.29 is 10.2 Å². The van der Waals surface area contributed by atoms with Crippen LogP contribution in [0.25, 0.3) is 10.4 Å². The van der Waals surface area contributed by atoms with Crippen molar-refractivity contribution in [2.45, 2.75) is 0 Å². The van der Waals surface area contributed by atoms with Gasteiger partial charge in [0, 0.05) is 16.5 Å². The second-order valence-electron chi connectivity index (χ2n) is 3.24. The first-order chi connectivity index (χ1) is 8.19. The molecule has 0 spiro atoms. The molecule has 0 amide bonds. The summed E-state index contributed by atoms with van der Waals surface area (Å²) in [5, 5.41) is 38.9.